The van der Waals surface area contributed by atoms with Crippen LogP contribution in [0.15, 0.2) is 12.2 Å². The number of phosphoric acid groups is 1. The maximum atomic E-state index is 12.5. The highest BCUT2D eigenvalue weighted by Gasteiger charge is 2.25. The van der Waals surface area contributed by atoms with Crippen LogP contribution in [0.25, 0.3) is 0 Å². The molecule has 0 fully saturated rings. The molecule has 0 radical (unpaired) electrons. The van der Waals surface area contributed by atoms with Gasteiger partial charge in [0, 0.05) is 19.4 Å². The standard InChI is InChI=1S/C37H72NO8P/c1-3-5-7-9-11-13-15-17-19-21-23-25-27-29-36(39)43-33-35(34-45-47(41,42)44-32-31-38)46-37(40)30-28-26-24-22-20-18-16-14-12-10-8-6-4-2/h24,26,35H,3-23,25,27-34,38H2,1-2H3,(H,41,42). The molecule has 0 saturated carbocycles. The topological polar surface area (TPSA) is 134 Å². The minimum atomic E-state index is -4.37. The van der Waals surface area contributed by atoms with Crippen LogP contribution < -0.4 is 5.73 Å². The highest BCUT2D eigenvalue weighted by molar-refractivity contribution is 7.47. The molecule has 0 amide bonds. The van der Waals surface area contributed by atoms with Gasteiger partial charge >= 0.3 is 19.8 Å². The summed E-state index contributed by atoms with van der Waals surface area (Å²) in [6.07, 6.45) is 32.5. The molecule has 0 bridgehead atoms. The van der Waals surface area contributed by atoms with Gasteiger partial charge in [-0.3, -0.25) is 18.6 Å². The van der Waals surface area contributed by atoms with Gasteiger partial charge in [-0.25, -0.2) is 4.57 Å². The first kappa shape index (κ1) is 45.8. The van der Waals surface area contributed by atoms with Crippen molar-refractivity contribution in [3.8, 4) is 0 Å². The summed E-state index contributed by atoms with van der Waals surface area (Å²) in [5.74, 6) is -0.880. The summed E-state index contributed by atoms with van der Waals surface area (Å²) in [6, 6.07) is 0. The monoisotopic (exact) mass is 689 g/mol. The average molecular weight is 690 g/mol. The minimum absolute atomic E-state index is 0.0514. The second-order valence-corrected chi connectivity index (χ2v) is 14.3. The number of esters is 2. The Bertz CT molecular complexity index is 794. The van der Waals surface area contributed by atoms with E-state index in [2.05, 4.69) is 19.9 Å². The molecule has 0 aliphatic carbocycles. The van der Waals surface area contributed by atoms with Crippen molar-refractivity contribution in [1.29, 1.82) is 0 Å². The largest absolute Gasteiger partial charge is 0.472 e. The molecule has 2 atom stereocenters. The molecule has 0 aliphatic heterocycles. The van der Waals surface area contributed by atoms with Crippen LogP contribution in [0.4, 0.5) is 0 Å². The van der Waals surface area contributed by atoms with Crippen molar-refractivity contribution in [2.24, 2.45) is 5.73 Å². The fourth-order valence-electron chi connectivity index (χ4n) is 5.30. The fourth-order valence-corrected chi connectivity index (χ4v) is 6.06. The number of unbranched alkanes of at least 4 members (excludes halogenated alkanes) is 21. The van der Waals surface area contributed by atoms with Crippen LogP contribution in [0.3, 0.4) is 0 Å². The Balaban J connectivity index is 4.25. The number of carbonyl (C=O) groups is 2. The van der Waals surface area contributed by atoms with E-state index in [0.29, 0.717) is 6.42 Å². The van der Waals surface area contributed by atoms with Crippen LogP contribution in [0, 0.1) is 0 Å². The number of rotatable bonds is 36. The van der Waals surface area contributed by atoms with Crippen LogP contribution in [0.2, 0.25) is 0 Å². The predicted molar refractivity (Wildman–Crippen MR) is 192 cm³/mol. The van der Waals surface area contributed by atoms with E-state index < -0.39 is 26.5 Å². The Labute approximate surface area is 288 Å². The summed E-state index contributed by atoms with van der Waals surface area (Å²) in [4.78, 5) is 34.6. The normalized spacial score (nSPS) is 13.5. The number of hydrogen-bond donors (Lipinski definition) is 2. The molecule has 0 rings (SSSR count). The summed E-state index contributed by atoms with van der Waals surface area (Å²) in [7, 11) is -4.37. The smallest absolute Gasteiger partial charge is 0.462 e. The Kier molecular flexibility index (Phi) is 33.7. The van der Waals surface area contributed by atoms with Crippen LogP contribution >= 0.6 is 7.82 Å². The minimum Gasteiger partial charge on any atom is -0.462 e. The fraction of sp³-hybridized carbons (Fsp3) is 0.892. The molecule has 0 saturated heterocycles. The third-order valence-corrected chi connectivity index (χ3v) is 9.15. The number of nitrogens with two attached hydrogens (primary N) is 1. The number of phosphoric ester groups is 1. The van der Waals surface area contributed by atoms with E-state index in [1.807, 2.05) is 6.08 Å². The lowest BCUT2D eigenvalue weighted by Gasteiger charge is -2.19. The molecule has 9 nitrogen and oxygen atoms in total. The Morgan fingerprint density at radius 1 is 0.617 bits per heavy atom. The van der Waals surface area contributed by atoms with Gasteiger partial charge in [-0.1, -0.05) is 154 Å². The zero-order valence-electron chi connectivity index (χ0n) is 30.3. The van der Waals surface area contributed by atoms with Crippen LogP contribution in [-0.4, -0.2) is 49.3 Å². The van der Waals surface area contributed by atoms with Gasteiger partial charge in [0.15, 0.2) is 6.10 Å². The van der Waals surface area contributed by atoms with Crippen LogP contribution in [0.1, 0.15) is 181 Å². The molecule has 0 heterocycles. The second-order valence-electron chi connectivity index (χ2n) is 12.8. The average Bonchev–Trinajstić information content (AvgIpc) is 3.05. The summed E-state index contributed by atoms with van der Waals surface area (Å²) < 4.78 is 32.6. The maximum Gasteiger partial charge on any atom is 0.472 e. The Hall–Kier alpha value is -1.25. The van der Waals surface area contributed by atoms with Gasteiger partial charge < -0.3 is 20.1 Å². The van der Waals surface area contributed by atoms with Gasteiger partial charge in [0.1, 0.15) is 6.61 Å². The molecular formula is C37H72NO8P. The summed E-state index contributed by atoms with van der Waals surface area (Å²) in [5.41, 5.74) is 5.32. The van der Waals surface area contributed by atoms with Gasteiger partial charge in [-0.05, 0) is 25.7 Å². The van der Waals surface area contributed by atoms with Gasteiger partial charge in [0.2, 0.25) is 0 Å². The number of hydrogen-bond acceptors (Lipinski definition) is 8. The van der Waals surface area contributed by atoms with Crippen molar-refractivity contribution in [2.75, 3.05) is 26.4 Å². The first-order valence-corrected chi connectivity index (χ1v) is 20.7. The van der Waals surface area contributed by atoms with Crippen LogP contribution in [-0.2, 0) is 32.7 Å². The Morgan fingerprint density at radius 2 is 1.09 bits per heavy atom. The first-order valence-electron chi connectivity index (χ1n) is 19.2. The summed E-state index contributed by atoms with van der Waals surface area (Å²) in [6.45, 7) is 3.69. The lowest BCUT2D eigenvalue weighted by atomic mass is 10.0. The molecule has 2 unspecified atom stereocenters. The van der Waals surface area contributed by atoms with E-state index in [9.17, 15) is 19.0 Å². The van der Waals surface area contributed by atoms with Crippen molar-refractivity contribution < 1.29 is 37.6 Å². The summed E-state index contributed by atoms with van der Waals surface area (Å²) in [5, 5.41) is 0. The van der Waals surface area contributed by atoms with Crippen molar-refractivity contribution in [3.63, 3.8) is 0 Å². The lowest BCUT2D eigenvalue weighted by molar-refractivity contribution is -0.161. The highest BCUT2D eigenvalue weighted by atomic mass is 31.2. The summed E-state index contributed by atoms with van der Waals surface area (Å²) >= 11 is 0. The molecule has 0 aliphatic rings. The third-order valence-electron chi connectivity index (χ3n) is 8.16. The Morgan fingerprint density at radius 3 is 1.60 bits per heavy atom. The van der Waals surface area contributed by atoms with E-state index in [1.165, 1.54) is 116 Å². The molecule has 0 aromatic carbocycles. The maximum absolute atomic E-state index is 12.5. The first-order chi connectivity index (χ1) is 22.8. The molecule has 3 N–H and O–H groups in total. The number of carbonyl (C=O) groups excluding carboxylic acids is 2. The SMILES string of the molecule is CCCCCCCCCCCC=CCCC(=O)OC(COC(=O)CCCCCCCCCCCCCCC)COP(=O)(O)OCCN. The molecule has 47 heavy (non-hydrogen) atoms. The molecule has 0 aromatic rings. The van der Waals surface area contributed by atoms with E-state index in [4.69, 9.17) is 24.3 Å². The van der Waals surface area contributed by atoms with E-state index >= 15 is 0 Å². The van der Waals surface area contributed by atoms with Crippen molar-refractivity contribution in [1.82, 2.24) is 0 Å². The zero-order valence-corrected chi connectivity index (χ0v) is 31.2. The second kappa shape index (κ2) is 34.6. The number of ether oxygens (including phenoxy) is 2. The van der Waals surface area contributed by atoms with Gasteiger partial charge in [0.05, 0.1) is 13.2 Å². The third kappa shape index (κ3) is 34.4. The quantitative estimate of drug-likeness (QED) is 0.0285. The predicted octanol–water partition coefficient (Wildman–Crippen LogP) is 10.3. The molecule has 278 valence electrons. The molecular weight excluding hydrogens is 617 g/mol. The lowest BCUT2D eigenvalue weighted by Crippen LogP contribution is -2.29. The molecule has 10 heteroatoms. The van der Waals surface area contributed by atoms with Crippen molar-refractivity contribution in [2.45, 2.75) is 187 Å². The zero-order chi connectivity index (χ0) is 34.7. The molecule has 0 spiro atoms. The van der Waals surface area contributed by atoms with Crippen LogP contribution in [0.5, 0.6) is 0 Å². The van der Waals surface area contributed by atoms with Crippen molar-refractivity contribution >= 4 is 19.8 Å². The van der Waals surface area contributed by atoms with E-state index in [1.54, 1.807) is 0 Å². The van der Waals surface area contributed by atoms with Gasteiger partial charge in [0.25, 0.3) is 0 Å². The van der Waals surface area contributed by atoms with E-state index in [0.717, 1.165) is 32.1 Å². The van der Waals surface area contributed by atoms with Crippen molar-refractivity contribution in [3.05, 3.63) is 12.2 Å². The van der Waals surface area contributed by atoms with Gasteiger partial charge in [-0.15, -0.1) is 0 Å². The molecule has 0 aromatic heterocycles. The number of allylic oxidation sites excluding steroid dienone is 2. The van der Waals surface area contributed by atoms with Gasteiger partial charge in [-0.2, -0.15) is 0 Å². The highest BCUT2D eigenvalue weighted by Crippen LogP contribution is 2.43. The van der Waals surface area contributed by atoms with E-state index in [-0.39, 0.29) is 38.6 Å².